The molecule has 0 atom stereocenters. The lowest BCUT2D eigenvalue weighted by Crippen LogP contribution is -2.44. The van der Waals surface area contributed by atoms with Gasteiger partial charge in [-0.25, -0.2) is 14.6 Å². The standard InChI is InChI=1S/C24H28N4O6/c1-4-10-20(29)25-18-14-13-17(21(30)16-11-8-7-9-12-16)15-19(18)26-22(27-23(31)33-5-2)28-24(32)34-6-3/h7-9,11-15H,4-6,10H2,1-3H3,(H,25,29)(H2,26,27,28,31,32). The van der Waals surface area contributed by atoms with Crippen molar-refractivity contribution in [1.82, 2.24) is 10.6 Å². The minimum Gasteiger partial charge on any atom is -0.450 e. The van der Waals surface area contributed by atoms with Gasteiger partial charge in [-0.15, -0.1) is 0 Å². The van der Waals surface area contributed by atoms with Crippen LogP contribution in [-0.2, 0) is 14.3 Å². The maximum absolute atomic E-state index is 12.9. The number of amides is 3. The van der Waals surface area contributed by atoms with E-state index in [0.717, 1.165) is 0 Å². The van der Waals surface area contributed by atoms with E-state index in [1.807, 2.05) is 6.92 Å². The molecule has 180 valence electrons. The number of ketones is 1. The third-order valence-corrected chi connectivity index (χ3v) is 4.27. The van der Waals surface area contributed by atoms with Crippen LogP contribution in [0.4, 0.5) is 21.0 Å². The molecule has 0 aliphatic carbocycles. The van der Waals surface area contributed by atoms with E-state index in [-0.39, 0.29) is 48.7 Å². The van der Waals surface area contributed by atoms with Crippen molar-refractivity contribution in [1.29, 1.82) is 0 Å². The zero-order valence-electron chi connectivity index (χ0n) is 19.3. The van der Waals surface area contributed by atoms with E-state index in [1.165, 1.54) is 12.1 Å². The van der Waals surface area contributed by atoms with Crippen LogP contribution in [-0.4, -0.2) is 43.1 Å². The summed E-state index contributed by atoms with van der Waals surface area (Å²) in [4.78, 5) is 53.3. The Morgan fingerprint density at radius 2 is 1.44 bits per heavy atom. The number of guanidine groups is 1. The predicted octanol–water partition coefficient (Wildman–Crippen LogP) is 4.14. The Morgan fingerprint density at radius 3 is 2.00 bits per heavy atom. The number of rotatable bonds is 8. The van der Waals surface area contributed by atoms with Gasteiger partial charge in [0.15, 0.2) is 5.78 Å². The van der Waals surface area contributed by atoms with Gasteiger partial charge in [0.1, 0.15) is 0 Å². The van der Waals surface area contributed by atoms with E-state index in [9.17, 15) is 19.2 Å². The number of nitrogens with one attached hydrogen (secondary N) is 3. The smallest absolute Gasteiger partial charge is 0.413 e. The van der Waals surface area contributed by atoms with Crippen molar-refractivity contribution in [3.63, 3.8) is 0 Å². The monoisotopic (exact) mass is 468 g/mol. The number of anilines is 1. The number of nitrogens with zero attached hydrogens (tertiary/aromatic N) is 1. The van der Waals surface area contributed by atoms with Gasteiger partial charge in [0, 0.05) is 17.5 Å². The first-order valence-corrected chi connectivity index (χ1v) is 10.9. The average Bonchev–Trinajstić information content (AvgIpc) is 2.80. The minimum atomic E-state index is -0.855. The van der Waals surface area contributed by atoms with Crippen LogP contribution in [0.25, 0.3) is 0 Å². The molecule has 0 heterocycles. The number of carbonyl (C=O) groups is 4. The lowest BCUT2D eigenvalue weighted by Gasteiger charge is -2.13. The molecule has 3 N–H and O–H groups in total. The lowest BCUT2D eigenvalue weighted by atomic mass is 10.0. The molecule has 0 aliphatic heterocycles. The molecule has 0 saturated heterocycles. The third kappa shape index (κ3) is 8.05. The molecule has 10 heteroatoms. The minimum absolute atomic E-state index is 0.0951. The van der Waals surface area contributed by atoms with Crippen molar-refractivity contribution in [2.24, 2.45) is 4.99 Å². The topological polar surface area (TPSA) is 135 Å². The number of hydrogen-bond donors (Lipinski definition) is 3. The average molecular weight is 469 g/mol. The first-order valence-electron chi connectivity index (χ1n) is 10.9. The summed E-state index contributed by atoms with van der Waals surface area (Å²) in [6, 6.07) is 13.2. The SMILES string of the molecule is CCCC(=O)Nc1ccc(C(=O)c2ccccc2)cc1N=C(NC(=O)OCC)NC(=O)OCC. The molecule has 0 aliphatic rings. The quantitative estimate of drug-likeness (QED) is 0.303. The summed E-state index contributed by atoms with van der Waals surface area (Å²) < 4.78 is 9.70. The maximum atomic E-state index is 12.9. The summed E-state index contributed by atoms with van der Waals surface area (Å²) in [5, 5.41) is 7.38. The fourth-order valence-electron chi connectivity index (χ4n) is 2.80. The van der Waals surface area contributed by atoms with Crippen molar-refractivity contribution in [2.45, 2.75) is 33.6 Å². The van der Waals surface area contributed by atoms with E-state index < -0.39 is 12.2 Å². The number of ether oxygens (including phenoxy) is 2. The molecule has 3 amide bonds. The van der Waals surface area contributed by atoms with Crippen LogP contribution in [0.3, 0.4) is 0 Å². The molecule has 0 spiro atoms. The third-order valence-electron chi connectivity index (χ3n) is 4.27. The Labute approximate surface area is 197 Å². The molecular formula is C24H28N4O6. The molecule has 0 radical (unpaired) electrons. The van der Waals surface area contributed by atoms with Crippen LogP contribution in [0.2, 0.25) is 0 Å². The van der Waals surface area contributed by atoms with Crippen molar-refractivity contribution >= 4 is 41.2 Å². The van der Waals surface area contributed by atoms with E-state index >= 15 is 0 Å². The van der Waals surface area contributed by atoms with Gasteiger partial charge >= 0.3 is 12.2 Å². The molecule has 10 nitrogen and oxygen atoms in total. The Bertz CT molecular complexity index is 1030. The van der Waals surface area contributed by atoms with Crippen LogP contribution in [0.5, 0.6) is 0 Å². The zero-order chi connectivity index (χ0) is 24.9. The Hall–Kier alpha value is -4.21. The first-order chi connectivity index (χ1) is 16.4. The van der Waals surface area contributed by atoms with Crippen LogP contribution >= 0.6 is 0 Å². The number of carbonyl (C=O) groups excluding carboxylic acids is 4. The predicted molar refractivity (Wildman–Crippen MR) is 127 cm³/mol. The molecule has 2 aromatic carbocycles. The van der Waals surface area contributed by atoms with Crippen molar-refractivity contribution in [3.8, 4) is 0 Å². The Balaban J connectivity index is 2.51. The van der Waals surface area contributed by atoms with Crippen LogP contribution < -0.4 is 16.0 Å². The fourth-order valence-corrected chi connectivity index (χ4v) is 2.80. The van der Waals surface area contributed by atoms with Crippen molar-refractivity contribution in [3.05, 3.63) is 59.7 Å². The number of alkyl carbamates (subject to hydrolysis) is 2. The largest absolute Gasteiger partial charge is 0.450 e. The summed E-state index contributed by atoms with van der Waals surface area (Å²) in [5.74, 6) is -0.812. The van der Waals surface area contributed by atoms with E-state index in [2.05, 4.69) is 20.9 Å². The molecule has 0 fully saturated rings. The molecule has 0 bridgehead atoms. The highest BCUT2D eigenvalue weighted by Crippen LogP contribution is 2.28. The highest BCUT2D eigenvalue weighted by molar-refractivity contribution is 6.10. The van der Waals surface area contributed by atoms with E-state index in [4.69, 9.17) is 9.47 Å². The molecule has 34 heavy (non-hydrogen) atoms. The van der Waals surface area contributed by atoms with Gasteiger partial charge in [0.25, 0.3) is 0 Å². The molecular weight excluding hydrogens is 440 g/mol. The first kappa shape index (κ1) is 26.0. The van der Waals surface area contributed by atoms with Crippen molar-refractivity contribution in [2.75, 3.05) is 18.5 Å². The van der Waals surface area contributed by atoms with Crippen LogP contribution in [0.15, 0.2) is 53.5 Å². The van der Waals surface area contributed by atoms with E-state index in [0.29, 0.717) is 17.5 Å². The van der Waals surface area contributed by atoms with Crippen LogP contribution in [0.1, 0.15) is 49.5 Å². The van der Waals surface area contributed by atoms with Crippen molar-refractivity contribution < 1.29 is 28.7 Å². The molecule has 0 unspecified atom stereocenters. The van der Waals surface area contributed by atoms with Gasteiger partial charge in [0.2, 0.25) is 11.9 Å². The van der Waals surface area contributed by atoms with E-state index in [1.54, 1.807) is 50.2 Å². The van der Waals surface area contributed by atoms with Gasteiger partial charge in [-0.2, -0.15) is 0 Å². The van der Waals surface area contributed by atoms with Gasteiger partial charge in [-0.3, -0.25) is 20.2 Å². The summed E-state index contributed by atoms with van der Waals surface area (Å²) in [5.41, 5.74) is 1.19. The second kappa shape index (κ2) is 13.4. The molecule has 2 aromatic rings. The van der Waals surface area contributed by atoms with Crippen LogP contribution in [0, 0.1) is 0 Å². The highest BCUT2D eigenvalue weighted by atomic mass is 16.6. The molecule has 0 saturated carbocycles. The fraction of sp³-hybridized carbons (Fsp3) is 0.292. The number of aliphatic imine (C=N–C) groups is 1. The Morgan fingerprint density at radius 1 is 0.824 bits per heavy atom. The summed E-state index contributed by atoms with van der Waals surface area (Å²) in [6.07, 6.45) is -0.796. The second-order valence-electron chi connectivity index (χ2n) is 6.88. The summed E-state index contributed by atoms with van der Waals surface area (Å²) >= 11 is 0. The lowest BCUT2D eigenvalue weighted by molar-refractivity contribution is -0.116. The molecule has 0 aromatic heterocycles. The highest BCUT2D eigenvalue weighted by Gasteiger charge is 2.16. The number of hydrogen-bond acceptors (Lipinski definition) is 7. The zero-order valence-corrected chi connectivity index (χ0v) is 19.3. The van der Waals surface area contributed by atoms with Gasteiger partial charge < -0.3 is 14.8 Å². The summed E-state index contributed by atoms with van der Waals surface area (Å²) in [6.45, 7) is 5.30. The van der Waals surface area contributed by atoms with Gasteiger partial charge in [0.05, 0.1) is 24.6 Å². The van der Waals surface area contributed by atoms with Gasteiger partial charge in [-0.1, -0.05) is 37.3 Å². The second-order valence-corrected chi connectivity index (χ2v) is 6.88. The maximum Gasteiger partial charge on any atom is 0.413 e. The van der Waals surface area contributed by atoms with Gasteiger partial charge in [-0.05, 0) is 38.5 Å². The summed E-state index contributed by atoms with van der Waals surface area (Å²) in [7, 11) is 0. The normalized spacial score (nSPS) is 9.97. The molecule has 2 rings (SSSR count). The number of benzene rings is 2. The Kier molecular flexibility index (Phi) is 10.2.